The molecule has 0 fully saturated rings. The zero-order valence-corrected chi connectivity index (χ0v) is 19.2. The quantitative estimate of drug-likeness (QED) is 0.428. The van der Waals surface area contributed by atoms with Crippen molar-refractivity contribution in [2.45, 2.75) is 39.2 Å². The maximum Gasteiger partial charge on any atom is 0.263 e. The number of hydrogen-bond acceptors (Lipinski definition) is 4. The molecule has 162 valence electrons. The van der Waals surface area contributed by atoms with Gasteiger partial charge in [0.1, 0.15) is 17.2 Å². The Morgan fingerprint density at radius 3 is 2.78 bits per heavy atom. The Morgan fingerprint density at radius 1 is 1.16 bits per heavy atom. The standard InChI is InChI=1S/C25H22ClN3O2S/c1-15-6-4-7-16(12-15)23-28-24-22(19-10-2-3-11-20(19)32-24)25(31)29(23)14-21(30)27-18-9-5-8-17(26)13-18/h4-9,12-13H,2-3,10-11,14H2,1H3,(H,27,30). The van der Waals surface area contributed by atoms with Crippen LogP contribution in [-0.2, 0) is 24.2 Å². The van der Waals surface area contributed by atoms with Gasteiger partial charge in [0.15, 0.2) is 0 Å². The molecule has 0 bridgehead atoms. The summed E-state index contributed by atoms with van der Waals surface area (Å²) < 4.78 is 1.51. The molecule has 2 aromatic heterocycles. The summed E-state index contributed by atoms with van der Waals surface area (Å²) in [7, 11) is 0. The second kappa shape index (κ2) is 8.52. The number of nitrogens with zero attached hydrogens (tertiary/aromatic N) is 2. The van der Waals surface area contributed by atoms with Gasteiger partial charge in [0, 0.05) is 21.2 Å². The lowest BCUT2D eigenvalue weighted by atomic mass is 9.97. The second-order valence-corrected chi connectivity index (χ2v) is 9.67. The van der Waals surface area contributed by atoms with Crippen LogP contribution in [0.4, 0.5) is 5.69 Å². The van der Waals surface area contributed by atoms with Crippen molar-refractivity contribution >= 4 is 44.7 Å². The molecular formula is C25H22ClN3O2S. The van der Waals surface area contributed by atoms with E-state index >= 15 is 0 Å². The highest BCUT2D eigenvalue weighted by Gasteiger charge is 2.23. The van der Waals surface area contributed by atoms with Crippen LogP contribution in [0, 0.1) is 6.92 Å². The van der Waals surface area contributed by atoms with Gasteiger partial charge in [-0.05, 0) is 62.4 Å². The number of amides is 1. The Balaban J connectivity index is 1.63. The van der Waals surface area contributed by atoms with Crippen LogP contribution in [-0.4, -0.2) is 15.5 Å². The van der Waals surface area contributed by atoms with Crippen molar-refractivity contribution in [2.75, 3.05) is 5.32 Å². The van der Waals surface area contributed by atoms with Gasteiger partial charge in [-0.15, -0.1) is 11.3 Å². The normalized spacial score (nSPS) is 13.2. The van der Waals surface area contributed by atoms with E-state index in [2.05, 4.69) is 5.32 Å². The van der Waals surface area contributed by atoms with Crippen LogP contribution in [0.1, 0.15) is 28.8 Å². The van der Waals surface area contributed by atoms with Crippen LogP contribution in [0.5, 0.6) is 0 Å². The Hall–Kier alpha value is -2.96. The third-order valence-corrected chi connectivity index (χ3v) is 7.18. The molecule has 2 heterocycles. The lowest BCUT2D eigenvalue weighted by Crippen LogP contribution is -2.30. The Labute approximate surface area is 194 Å². The highest BCUT2D eigenvalue weighted by Crippen LogP contribution is 2.35. The summed E-state index contributed by atoms with van der Waals surface area (Å²) in [5, 5.41) is 4.06. The molecule has 1 aliphatic rings. The SMILES string of the molecule is Cc1cccc(-c2nc3sc4c(c3c(=O)n2CC(=O)Nc2cccc(Cl)c2)CCCC4)c1. The molecule has 32 heavy (non-hydrogen) atoms. The number of nitrogens with one attached hydrogen (secondary N) is 1. The van der Waals surface area contributed by atoms with E-state index < -0.39 is 0 Å². The first kappa shape index (κ1) is 20.9. The number of fused-ring (bicyclic) bond motifs is 3. The first-order valence-electron chi connectivity index (χ1n) is 10.7. The van der Waals surface area contributed by atoms with Crippen molar-refractivity contribution < 1.29 is 4.79 Å². The Morgan fingerprint density at radius 2 is 1.97 bits per heavy atom. The van der Waals surface area contributed by atoms with Gasteiger partial charge in [-0.25, -0.2) is 4.98 Å². The molecule has 1 amide bonds. The van der Waals surface area contributed by atoms with Gasteiger partial charge in [0.25, 0.3) is 5.56 Å². The van der Waals surface area contributed by atoms with E-state index in [9.17, 15) is 9.59 Å². The fourth-order valence-corrected chi connectivity index (χ4v) is 5.74. The highest BCUT2D eigenvalue weighted by molar-refractivity contribution is 7.18. The van der Waals surface area contributed by atoms with Gasteiger partial charge in [-0.1, -0.05) is 41.4 Å². The number of aromatic nitrogens is 2. The number of benzene rings is 2. The van der Waals surface area contributed by atoms with Crippen LogP contribution in [0.2, 0.25) is 5.02 Å². The number of rotatable bonds is 4. The van der Waals surface area contributed by atoms with E-state index in [-0.39, 0.29) is 18.0 Å². The zero-order valence-electron chi connectivity index (χ0n) is 17.7. The minimum absolute atomic E-state index is 0.123. The van der Waals surface area contributed by atoms with Crippen molar-refractivity contribution in [3.63, 3.8) is 0 Å². The molecule has 1 aliphatic carbocycles. The van der Waals surface area contributed by atoms with Crippen LogP contribution in [0.3, 0.4) is 0 Å². The lowest BCUT2D eigenvalue weighted by molar-refractivity contribution is -0.116. The first-order chi connectivity index (χ1) is 15.5. The topological polar surface area (TPSA) is 64.0 Å². The van der Waals surface area contributed by atoms with E-state index in [1.165, 1.54) is 9.44 Å². The average molecular weight is 464 g/mol. The molecule has 0 saturated carbocycles. The summed E-state index contributed by atoms with van der Waals surface area (Å²) in [6.07, 6.45) is 4.10. The average Bonchev–Trinajstić information content (AvgIpc) is 3.14. The maximum absolute atomic E-state index is 13.7. The van der Waals surface area contributed by atoms with Crippen molar-refractivity contribution in [1.29, 1.82) is 0 Å². The summed E-state index contributed by atoms with van der Waals surface area (Å²) in [4.78, 5) is 33.6. The molecule has 4 aromatic rings. The zero-order chi connectivity index (χ0) is 22.2. The maximum atomic E-state index is 13.7. The summed E-state index contributed by atoms with van der Waals surface area (Å²) in [5.41, 5.74) is 3.46. The molecule has 0 unspecified atom stereocenters. The van der Waals surface area contributed by atoms with E-state index in [4.69, 9.17) is 16.6 Å². The van der Waals surface area contributed by atoms with Crippen LogP contribution in [0.25, 0.3) is 21.6 Å². The summed E-state index contributed by atoms with van der Waals surface area (Å²) in [6, 6.07) is 14.8. The summed E-state index contributed by atoms with van der Waals surface area (Å²) >= 11 is 7.66. The van der Waals surface area contributed by atoms with Gasteiger partial charge >= 0.3 is 0 Å². The van der Waals surface area contributed by atoms with Gasteiger partial charge in [-0.3, -0.25) is 14.2 Å². The molecule has 1 N–H and O–H groups in total. The van der Waals surface area contributed by atoms with Crippen LogP contribution in [0.15, 0.2) is 53.3 Å². The first-order valence-corrected chi connectivity index (χ1v) is 11.9. The molecule has 0 spiro atoms. The Bertz CT molecular complexity index is 1410. The number of hydrogen-bond donors (Lipinski definition) is 1. The molecule has 0 atom stereocenters. The van der Waals surface area contributed by atoms with Crippen molar-refractivity contribution in [3.8, 4) is 11.4 Å². The molecule has 5 rings (SSSR count). The van der Waals surface area contributed by atoms with E-state index in [1.54, 1.807) is 35.6 Å². The number of thiophene rings is 1. The van der Waals surface area contributed by atoms with Gasteiger partial charge in [-0.2, -0.15) is 0 Å². The van der Waals surface area contributed by atoms with Crippen molar-refractivity contribution in [3.05, 3.63) is 79.9 Å². The fourth-order valence-electron chi connectivity index (χ4n) is 4.30. The summed E-state index contributed by atoms with van der Waals surface area (Å²) in [6.45, 7) is 1.88. The third kappa shape index (κ3) is 3.96. The van der Waals surface area contributed by atoms with Crippen molar-refractivity contribution in [2.24, 2.45) is 0 Å². The summed E-state index contributed by atoms with van der Waals surface area (Å²) in [5.74, 6) is 0.222. The predicted molar refractivity (Wildman–Crippen MR) is 131 cm³/mol. The largest absolute Gasteiger partial charge is 0.324 e. The number of carbonyl (C=O) groups excluding carboxylic acids is 1. The smallest absolute Gasteiger partial charge is 0.263 e. The number of anilines is 1. The Kier molecular flexibility index (Phi) is 5.57. The minimum atomic E-state index is -0.298. The molecular weight excluding hydrogens is 442 g/mol. The third-order valence-electron chi connectivity index (χ3n) is 5.76. The number of halogens is 1. The number of aryl methyl sites for hydroxylation is 3. The van der Waals surface area contributed by atoms with Crippen LogP contribution < -0.4 is 10.9 Å². The fraction of sp³-hybridized carbons (Fsp3) is 0.240. The molecule has 2 aromatic carbocycles. The highest BCUT2D eigenvalue weighted by atomic mass is 35.5. The molecule has 0 saturated heterocycles. The molecule has 5 nitrogen and oxygen atoms in total. The van der Waals surface area contributed by atoms with E-state index in [0.717, 1.165) is 47.2 Å². The number of carbonyl (C=O) groups is 1. The van der Waals surface area contributed by atoms with Crippen LogP contribution >= 0.6 is 22.9 Å². The molecule has 7 heteroatoms. The van der Waals surface area contributed by atoms with Gasteiger partial charge < -0.3 is 5.32 Å². The predicted octanol–water partition coefficient (Wildman–Crippen LogP) is 5.60. The van der Waals surface area contributed by atoms with Crippen molar-refractivity contribution in [1.82, 2.24) is 9.55 Å². The minimum Gasteiger partial charge on any atom is -0.324 e. The molecule has 0 aliphatic heterocycles. The monoisotopic (exact) mass is 463 g/mol. The van der Waals surface area contributed by atoms with Gasteiger partial charge in [0.2, 0.25) is 5.91 Å². The van der Waals surface area contributed by atoms with E-state index in [1.807, 2.05) is 31.2 Å². The van der Waals surface area contributed by atoms with Gasteiger partial charge in [0.05, 0.1) is 5.39 Å². The van der Waals surface area contributed by atoms with E-state index in [0.29, 0.717) is 21.9 Å². The lowest BCUT2D eigenvalue weighted by Gasteiger charge is -2.14. The molecule has 0 radical (unpaired) electrons. The second-order valence-electron chi connectivity index (χ2n) is 8.15.